The van der Waals surface area contributed by atoms with Gasteiger partial charge in [0.1, 0.15) is 52.2 Å². The Bertz CT molecular complexity index is 3330. The molecule has 3 aliphatic heterocycles. The zero-order valence-electron chi connectivity index (χ0n) is 50.3. The molecule has 18 nitrogen and oxygen atoms in total. The third-order valence-electron chi connectivity index (χ3n) is 14.2. The van der Waals surface area contributed by atoms with Crippen molar-refractivity contribution in [2.45, 2.75) is 129 Å². The van der Waals surface area contributed by atoms with Crippen LogP contribution < -0.4 is 25.8 Å². The van der Waals surface area contributed by atoms with Gasteiger partial charge in [-0.15, -0.1) is 4.98 Å². The topological polar surface area (TPSA) is 201 Å². The van der Waals surface area contributed by atoms with Gasteiger partial charge in [0.2, 0.25) is 11.4 Å². The van der Waals surface area contributed by atoms with Crippen LogP contribution in [0.4, 0.5) is 44.5 Å². The summed E-state index contributed by atoms with van der Waals surface area (Å²) in [4.78, 5) is 41.3. The SMILES string of the molecule is CC(C)(C)OC(=O)N1CCN(c2ccc3c(n2)C=[C+]N3)CC1.CCCS(=O)(=O)Cc1ccc(F)c(-n2ccc3nc(N4CCN(C(=O)OC(C)(C)C)CC4)ccc32)c1F.CCCS(=O)(=O)Cc1ccc(F)c(I)c1F.CNC1CCCCC1NC. The molecule has 2 aromatic carbocycles. The Kier molecular flexibility index (Phi) is 24.2. The number of anilines is 3. The van der Waals surface area contributed by atoms with Gasteiger partial charge in [-0.05, 0) is 140 Å². The van der Waals surface area contributed by atoms with Crippen LogP contribution in [0, 0.1) is 33.0 Å². The number of carbonyl (C=O) groups is 2. The van der Waals surface area contributed by atoms with E-state index in [0.717, 1.165) is 42.4 Å². The van der Waals surface area contributed by atoms with Gasteiger partial charge in [-0.1, -0.05) is 38.8 Å². The first-order valence-corrected chi connectivity index (χ1v) is 33.4. The minimum atomic E-state index is -3.51. The highest BCUT2D eigenvalue weighted by Gasteiger charge is 2.30. The number of pyridine rings is 2. The largest absolute Gasteiger partial charge is 0.444 e. The summed E-state index contributed by atoms with van der Waals surface area (Å²) < 4.78 is 116. The summed E-state index contributed by atoms with van der Waals surface area (Å²) in [6.45, 7) is 19.5. The van der Waals surface area contributed by atoms with Crippen molar-refractivity contribution in [2.75, 3.05) is 93.1 Å². The molecule has 2 unspecified atom stereocenters. The molecule has 0 radical (unpaired) electrons. The number of rotatable bonds is 13. The highest BCUT2D eigenvalue weighted by atomic mass is 127. The van der Waals surface area contributed by atoms with Crippen molar-refractivity contribution in [3.05, 3.63) is 111 Å². The molecule has 2 amide bonds. The Balaban J connectivity index is 0.000000203. The average molecular weight is 1340 g/mol. The summed E-state index contributed by atoms with van der Waals surface area (Å²) >= 11 is 1.52. The fourth-order valence-electron chi connectivity index (χ4n) is 9.96. The molecular weight excluding hydrogens is 1260 g/mol. The first-order chi connectivity index (χ1) is 40.1. The van der Waals surface area contributed by atoms with Gasteiger partial charge in [0.25, 0.3) is 0 Å². The standard InChI is InChI=1S/C26H32F2N4O4S.C16H21N4O2.C10H11F2IO2S.C8H18N2/c1-5-16-37(34,35)17-18-6-7-19(27)24(23(18)28)32-11-10-20-21(32)8-9-22(29-20)30-12-14-31(15-13-30)25(33)36-26(2,3)4;1-16(2,3)22-15(21)20-10-8-19(9-11-20)14-5-4-12-13(18-14)6-7-17-12;1-2-5-16(14,15)6-7-3-4-8(11)10(13)9(7)12;1-9-7-5-3-4-6-8(7)10-2/h6-11H,5,12-17H2,1-4H3;4-6,17H,8-11H2,1-3H3;3-4H,2,5-6H2,1H3;7-10H,3-6H2,1-2H3/q;+1;;. The number of aromatic nitrogens is 3. The van der Waals surface area contributed by atoms with Crippen LogP contribution >= 0.6 is 22.6 Å². The Morgan fingerprint density at radius 1 is 0.659 bits per heavy atom. The van der Waals surface area contributed by atoms with Crippen molar-refractivity contribution < 1.29 is 53.5 Å². The minimum absolute atomic E-state index is 0.0143. The number of nitrogens with one attached hydrogen (secondary N) is 3. The number of hydrogen-bond acceptors (Lipinski definition) is 15. The minimum Gasteiger partial charge on any atom is -0.444 e. The normalized spacial score (nSPS) is 17.1. The van der Waals surface area contributed by atoms with Crippen LogP contribution in [0.25, 0.3) is 22.8 Å². The zero-order chi connectivity index (χ0) is 62.4. The van der Waals surface area contributed by atoms with Crippen molar-refractivity contribution >= 4 is 88.9 Å². The van der Waals surface area contributed by atoms with Gasteiger partial charge in [0.05, 0.1) is 37.6 Å². The van der Waals surface area contributed by atoms with Crippen LogP contribution in [0.3, 0.4) is 0 Å². The van der Waals surface area contributed by atoms with E-state index in [4.69, 9.17) is 9.47 Å². The summed E-state index contributed by atoms with van der Waals surface area (Å²) in [5, 5.41) is 9.70. The van der Waals surface area contributed by atoms with Gasteiger partial charge >= 0.3 is 12.2 Å². The molecule has 9 rings (SSSR count). The van der Waals surface area contributed by atoms with Gasteiger partial charge < -0.3 is 44.3 Å². The van der Waals surface area contributed by atoms with Gasteiger partial charge in [0, 0.05) is 87.8 Å². The molecule has 2 atom stereocenters. The summed E-state index contributed by atoms with van der Waals surface area (Å²) in [5.74, 6) is -2.44. The van der Waals surface area contributed by atoms with Crippen LogP contribution in [0.1, 0.15) is 111 Å². The van der Waals surface area contributed by atoms with E-state index in [1.807, 2.05) is 64.7 Å². The molecule has 25 heteroatoms. The van der Waals surface area contributed by atoms with E-state index in [0.29, 0.717) is 81.0 Å². The number of amides is 2. The third-order valence-corrected chi connectivity index (χ3v) is 18.7. The van der Waals surface area contributed by atoms with E-state index in [1.165, 1.54) is 71.2 Å². The molecule has 85 heavy (non-hydrogen) atoms. The molecular formula is C60H82F4IN10O8S2+. The fraction of sp³-hybridized carbons (Fsp3) is 0.533. The molecule has 3 aromatic heterocycles. The van der Waals surface area contributed by atoms with Crippen molar-refractivity contribution in [2.24, 2.45) is 0 Å². The van der Waals surface area contributed by atoms with E-state index in [-0.39, 0.29) is 49.8 Å². The predicted octanol–water partition coefficient (Wildman–Crippen LogP) is 10.7. The van der Waals surface area contributed by atoms with E-state index in [9.17, 15) is 39.6 Å². The maximum Gasteiger partial charge on any atom is 0.410 e. The number of likely N-dealkylation sites (N-methyl/N-ethyl adjacent to an activating group) is 2. The highest BCUT2D eigenvalue weighted by molar-refractivity contribution is 14.1. The van der Waals surface area contributed by atoms with Gasteiger partial charge in [-0.2, -0.15) is 5.32 Å². The first-order valence-electron chi connectivity index (χ1n) is 28.7. The highest BCUT2D eigenvalue weighted by Crippen LogP contribution is 2.30. The molecule has 466 valence electrons. The molecule has 3 N–H and O–H groups in total. The second kappa shape index (κ2) is 30.2. The first kappa shape index (κ1) is 68.3. The van der Waals surface area contributed by atoms with Crippen molar-refractivity contribution in [1.29, 1.82) is 0 Å². The van der Waals surface area contributed by atoms with Crippen LogP contribution in [-0.2, 0) is 40.7 Å². The number of benzene rings is 2. The van der Waals surface area contributed by atoms with Crippen LogP contribution in [0.5, 0.6) is 0 Å². The van der Waals surface area contributed by atoms with E-state index < -0.39 is 59.9 Å². The second-order valence-electron chi connectivity index (χ2n) is 23.1. The number of sulfone groups is 2. The summed E-state index contributed by atoms with van der Waals surface area (Å²) in [6, 6.07) is 15.1. The quantitative estimate of drug-likeness (QED) is 0.0435. The van der Waals surface area contributed by atoms with Gasteiger partial charge in [-0.25, -0.2) is 49.0 Å². The Morgan fingerprint density at radius 2 is 1.13 bits per heavy atom. The smallest absolute Gasteiger partial charge is 0.410 e. The maximum absolute atomic E-state index is 15.4. The maximum atomic E-state index is 15.4. The zero-order valence-corrected chi connectivity index (χ0v) is 54.1. The molecule has 0 spiro atoms. The lowest BCUT2D eigenvalue weighted by atomic mass is 9.91. The molecule has 2 saturated heterocycles. The lowest BCUT2D eigenvalue weighted by Gasteiger charge is -2.36. The van der Waals surface area contributed by atoms with E-state index in [2.05, 4.69) is 51.1 Å². The Labute approximate surface area is 512 Å². The number of nitrogens with zero attached hydrogens (tertiary/aromatic N) is 7. The number of fused-ring (bicyclic) bond motifs is 2. The summed E-state index contributed by atoms with van der Waals surface area (Å²) in [5.41, 5.74) is 1.53. The lowest BCUT2D eigenvalue weighted by molar-refractivity contribution is 0.0230. The summed E-state index contributed by atoms with van der Waals surface area (Å²) in [7, 11) is -2.70. The molecule has 4 aliphatic rings. The lowest BCUT2D eigenvalue weighted by Crippen LogP contribution is -2.50. The molecule has 3 fully saturated rings. The number of ether oxygens (including phenoxy) is 2. The van der Waals surface area contributed by atoms with E-state index >= 15 is 4.39 Å². The van der Waals surface area contributed by atoms with Crippen LogP contribution in [0.2, 0.25) is 0 Å². The van der Waals surface area contributed by atoms with E-state index in [1.54, 1.807) is 41.8 Å². The molecule has 0 bridgehead atoms. The molecule has 1 saturated carbocycles. The van der Waals surface area contributed by atoms with Crippen molar-refractivity contribution in [3.63, 3.8) is 0 Å². The Hall–Kier alpha value is -5.86. The fourth-order valence-corrected chi connectivity index (χ4v) is 13.4. The number of halogens is 5. The monoisotopic (exact) mass is 1340 g/mol. The number of carbonyl (C=O) groups excluding carboxylic acids is 2. The number of hydrogen-bond donors (Lipinski definition) is 3. The van der Waals surface area contributed by atoms with Crippen molar-refractivity contribution in [3.8, 4) is 5.69 Å². The third kappa shape index (κ3) is 19.6. The molecule has 6 heterocycles. The molecule has 1 aliphatic carbocycles. The average Bonchev–Trinajstić information content (AvgIpc) is 2.28. The van der Waals surface area contributed by atoms with Crippen LogP contribution in [0.15, 0.2) is 60.8 Å². The molecule has 5 aromatic rings. The second-order valence-corrected chi connectivity index (χ2v) is 28.6. The van der Waals surface area contributed by atoms with Gasteiger partial charge in [-0.3, -0.25) is 0 Å². The predicted molar refractivity (Wildman–Crippen MR) is 335 cm³/mol. The van der Waals surface area contributed by atoms with Crippen molar-refractivity contribution in [1.82, 2.24) is 35.0 Å². The summed E-state index contributed by atoms with van der Waals surface area (Å²) in [6.07, 6.45) is 12.1. The van der Waals surface area contributed by atoms with Gasteiger partial charge in [0.15, 0.2) is 31.6 Å². The Morgan fingerprint density at radius 3 is 1.61 bits per heavy atom. The van der Waals surface area contributed by atoms with Crippen LogP contribution in [-0.4, -0.2) is 155 Å². The number of piperazine rings is 2.